The van der Waals surface area contributed by atoms with E-state index in [1.54, 1.807) is 7.05 Å². The first-order valence-corrected chi connectivity index (χ1v) is 7.33. The van der Waals surface area contributed by atoms with Crippen LogP contribution in [0.15, 0.2) is 9.72 Å². The maximum atomic E-state index is 12.3. The minimum atomic E-state index is -4.37. The van der Waals surface area contributed by atoms with Crippen molar-refractivity contribution in [2.75, 3.05) is 12.4 Å². The fourth-order valence-corrected chi connectivity index (χ4v) is 3.52. The van der Waals surface area contributed by atoms with E-state index in [0.29, 0.717) is 20.2 Å². The number of hydrogen-bond acceptors (Lipinski definition) is 7. The number of thioether (sulfide) groups is 1. The van der Waals surface area contributed by atoms with Gasteiger partial charge in [-0.25, -0.2) is 4.98 Å². The Bertz CT molecular complexity index is 522. The van der Waals surface area contributed by atoms with Crippen LogP contribution in [0.3, 0.4) is 0 Å². The van der Waals surface area contributed by atoms with Gasteiger partial charge in [-0.3, -0.25) is 0 Å². The van der Waals surface area contributed by atoms with E-state index in [-0.39, 0.29) is 0 Å². The lowest BCUT2D eigenvalue weighted by molar-refractivity contribution is -0.140. The van der Waals surface area contributed by atoms with Gasteiger partial charge in [-0.2, -0.15) is 13.2 Å². The second-order valence-electron chi connectivity index (χ2n) is 3.04. The van der Waals surface area contributed by atoms with Gasteiger partial charge in [0, 0.05) is 12.4 Å². The van der Waals surface area contributed by atoms with Gasteiger partial charge >= 0.3 is 6.18 Å². The van der Waals surface area contributed by atoms with E-state index >= 15 is 0 Å². The van der Waals surface area contributed by atoms with Crippen molar-refractivity contribution in [3.8, 4) is 0 Å². The molecule has 0 bridgehead atoms. The van der Waals surface area contributed by atoms with Gasteiger partial charge in [-0.05, 0) is 0 Å². The van der Waals surface area contributed by atoms with Crippen molar-refractivity contribution in [2.24, 2.45) is 0 Å². The highest BCUT2D eigenvalue weighted by Gasteiger charge is 2.33. The number of nitrogens with one attached hydrogen (secondary N) is 1. The minimum Gasteiger partial charge on any atom is -0.363 e. The van der Waals surface area contributed by atoms with Crippen molar-refractivity contribution in [1.82, 2.24) is 15.2 Å². The molecule has 1 N–H and O–H groups in total. The first-order valence-electron chi connectivity index (χ1n) is 4.64. The van der Waals surface area contributed by atoms with E-state index in [2.05, 4.69) is 20.5 Å². The molecule has 2 heterocycles. The number of hydrogen-bond donors (Lipinski definition) is 1. The molecular weight excluding hydrogens is 305 g/mol. The molecule has 0 aliphatic rings. The number of alkyl halides is 3. The molecule has 2 rings (SSSR count). The van der Waals surface area contributed by atoms with Crippen LogP contribution in [-0.4, -0.2) is 22.2 Å². The highest BCUT2D eigenvalue weighted by molar-refractivity contribution is 8.00. The summed E-state index contributed by atoms with van der Waals surface area (Å²) in [7, 11) is 1.73. The summed E-state index contributed by atoms with van der Waals surface area (Å²) in [5, 5.41) is 12.7. The lowest BCUT2D eigenvalue weighted by Crippen LogP contribution is -2.05. The molecule has 0 saturated heterocycles. The number of aromatic nitrogens is 3. The van der Waals surface area contributed by atoms with Crippen LogP contribution in [0, 0.1) is 0 Å². The Morgan fingerprint density at radius 2 is 2.17 bits per heavy atom. The third-order valence-electron chi connectivity index (χ3n) is 1.78. The second-order valence-corrected chi connectivity index (χ2v) is 6.18. The zero-order valence-corrected chi connectivity index (χ0v) is 11.4. The van der Waals surface area contributed by atoms with Gasteiger partial charge in [0.15, 0.2) is 10.0 Å². The van der Waals surface area contributed by atoms with Crippen LogP contribution in [0.5, 0.6) is 0 Å². The predicted molar refractivity (Wildman–Crippen MR) is 66.1 cm³/mol. The molecule has 98 valence electrons. The van der Waals surface area contributed by atoms with Gasteiger partial charge in [0.2, 0.25) is 5.13 Å². The van der Waals surface area contributed by atoms with E-state index in [9.17, 15) is 13.2 Å². The highest BCUT2D eigenvalue weighted by atomic mass is 32.2. The topological polar surface area (TPSA) is 50.7 Å². The number of rotatable bonds is 4. The summed E-state index contributed by atoms with van der Waals surface area (Å²) in [5.74, 6) is 0.360. The Morgan fingerprint density at radius 3 is 2.72 bits per heavy atom. The van der Waals surface area contributed by atoms with Crippen LogP contribution < -0.4 is 5.32 Å². The molecule has 0 atom stereocenters. The van der Waals surface area contributed by atoms with E-state index in [1.165, 1.54) is 23.1 Å². The van der Waals surface area contributed by atoms with E-state index in [0.717, 1.165) is 16.7 Å². The van der Waals surface area contributed by atoms with Crippen molar-refractivity contribution >= 4 is 39.6 Å². The zero-order valence-electron chi connectivity index (χ0n) is 8.98. The van der Waals surface area contributed by atoms with Crippen molar-refractivity contribution < 1.29 is 13.2 Å². The average molecular weight is 312 g/mol. The smallest absolute Gasteiger partial charge is 0.363 e. The molecule has 2 aromatic rings. The Hall–Kier alpha value is -0.870. The summed E-state index contributed by atoms with van der Waals surface area (Å²) in [6.07, 6.45) is -4.37. The normalized spacial score (nSPS) is 11.8. The molecule has 0 saturated carbocycles. The Morgan fingerprint density at radius 1 is 1.39 bits per heavy atom. The summed E-state index contributed by atoms with van der Waals surface area (Å²) >= 11 is 3.66. The SMILES string of the molecule is CNc1nnc(SCc2nc(C(F)(F)F)cs2)s1. The van der Waals surface area contributed by atoms with Crippen LogP contribution in [-0.2, 0) is 11.9 Å². The molecule has 0 spiro atoms. The van der Waals surface area contributed by atoms with Crippen LogP contribution >= 0.6 is 34.4 Å². The van der Waals surface area contributed by atoms with Crippen molar-refractivity contribution in [2.45, 2.75) is 16.3 Å². The summed E-state index contributed by atoms with van der Waals surface area (Å²) in [5.41, 5.74) is -0.837. The van der Waals surface area contributed by atoms with Crippen LogP contribution in [0.25, 0.3) is 0 Å². The first kappa shape index (κ1) is 13.6. The molecule has 4 nitrogen and oxygen atoms in total. The summed E-state index contributed by atoms with van der Waals surface area (Å²) in [4.78, 5) is 3.54. The van der Waals surface area contributed by atoms with Gasteiger partial charge in [-0.15, -0.1) is 21.5 Å². The van der Waals surface area contributed by atoms with Crippen molar-refractivity contribution in [3.63, 3.8) is 0 Å². The molecule has 18 heavy (non-hydrogen) atoms. The summed E-state index contributed by atoms with van der Waals surface area (Å²) < 4.78 is 37.7. The van der Waals surface area contributed by atoms with Gasteiger partial charge in [0.05, 0.1) is 5.75 Å². The largest absolute Gasteiger partial charge is 0.434 e. The Kier molecular flexibility index (Phi) is 4.07. The molecule has 0 radical (unpaired) electrons. The second kappa shape index (κ2) is 5.41. The fourth-order valence-electron chi connectivity index (χ4n) is 1.000. The number of thiazole rings is 1. The third-order valence-corrected chi connectivity index (χ3v) is 4.90. The maximum absolute atomic E-state index is 12.3. The first-order chi connectivity index (χ1) is 8.49. The van der Waals surface area contributed by atoms with Gasteiger partial charge in [-0.1, -0.05) is 23.1 Å². The predicted octanol–water partition coefficient (Wildman–Crippen LogP) is 3.35. The van der Waals surface area contributed by atoms with Crippen LogP contribution in [0.2, 0.25) is 0 Å². The number of halogens is 3. The molecule has 0 aliphatic carbocycles. The standard InChI is InChI=1S/C8H7F3N4S3/c1-12-6-14-15-7(18-6)17-3-5-13-4(2-16-5)8(9,10)11/h2H,3H2,1H3,(H,12,14). The van der Waals surface area contributed by atoms with Crippen molar-refractivity contribution in [3.05, 3.63) is 16.1 Å². The average Bonchev–Trinajstić information content (AvgIpc) is 2.94. The molecule has 2 aromatic heterocycles. The van der Waals surface area contributed by atoms with E-state index in [1.807, 2.05) is 0 Å². The van der Waals surface area contributed by atoms with Crippen LogP contribution in [0.4, 0.5) is 18.3 Å². The molecule has 10 heteroatoms. The molecule has 0 aliphatic heterocycles. The molecule has 0 unspecified atom stereocenters. The van der Waals surface area contributed by atoms with Gasteiger partial charge in [0.1, 0.15) is 5.01 Å². The number of nitrogens with zero attached hydrogens (tertiary/aromatic N) is 3. The quantitative estimate of drug-likeness (QED) is 0.878. The van der Waals surface area contributed by atoms with E-state index < -0.39 is 11.9 Å². The highest BCUT2D eigenvalue weighted by Crippen LogP contribution is 2.33. The molecule has 0 fully saturated rings. The third kappa shape index (κ3) is 3.33. The van der Waals surface area contributed by atoms with Crippen LogP contribution in [0.1, 0.15) is 10.7 Å². The number of anilines is 1. The Balaban J connectivity index is 1.96. The lowest BCUT2D eigenvalue weighted by Gasteiger charge is -1.99. The molecule has 0 amide bonds. The maximum Gasteiger partial charge on any atom is 0.434 e. The van der Waals surface area contributed by atoms with E-state index in [4.69, 9.17) is 0 Å². The summed E-state index contributed by atoms with van der Waals surface area (Å²) in [6, 6.07) is 0. The lowest BCUT2D eigenvalue weighted by atomic mass is 10.5. The zero-order chi connectivity index (χ0) is 13.2. The monoisotopic (exact) mass is 312 g/mol. The van der Waals surface area contributed by atoms with Gasteiger partial charge in [0.25, 0.3) is 0 Å². The van der Waals surface area contributed by atoms with Gasteiger partial charge < -0.3 is 5.32 Å². The fraction of sp³-hybridized carbons (Fsp3) is 0.375. The molecule has 0 aromatic carbocycles. The van der Waals surface area contributed by atoms with Crippen molar-refractivity contribution in [1.29, 1.82) is 0 Å². The Labute approximate surface area is 113 Å². The molecular formula is C8H7F3N4S3. The minimum absolute atomic E-state index is 0.360. The summed E-state index contributed by atoms with van der Waals surface area (Å²) in [6.45, 7) is 0.